The second-order valence-electron chi connectivity index (χ2n) is 11.4. The van der Waals surface area contributed by atoms with E-state index in [4.69, 9.17) is 4.98 Å². The Balaban J connectivity index is 1.58. The highest BCUT2D eigenvalue weighted by Gasteiger charge is 2.17. The summed E-state index contributed by atoms with van der Waals surface area (Å²) in [5.74, 6) is -0.686. The summed E-state index contributed by atoms with van der Waals surface area (Å²) in [7, 11) is 0. The van der Waals surface area contributed by atoms with E-state index in [1.54, 1.807) is 36.4 Å². The van der Waals surface area contributed by atoms with E-state index in [1.165, 1.54) is 18.2 Å². The van der Waals surface area contributed by atoms with Gasteiger partial charge in [-0.1, -0.05) is 0 Å². The van der Waals surface area contributed by atoms with Crippen molar-refractivity contribution in [1.29, 1.82) is 0 Å². The van der Waals surface area contributed by atoms with E-state index in [2.05, 4.69) is 15.0 Å². The van der Waals surface area contributed by atoms with Crippen molar-refractivity contribution in [1.82, 2.24) is 19.9 Å². The molecule has 8 rings (SSSR count). The number of aromatic nitrogens is 4. The number of aromatic hydroxyl groups is 6. The van der Waals surface area contributed by atoms with Crippen molar-refractivity contribution in [2.24, 2.45) is 0 Å². The third-order valence-electron chi connectivity index (χ3n) is 8.15. The number of nitrogens with one attached hydrogen (secondary N) is 3. The number of phenolic OH excluding ortho intramolecular Hbond substituents is 6. The molecule has 0 unspecified atom stereocenters. The SMILES string of the molecule is Oc1cc(O)cc(-c2c3nc(c4ccc([nH]4)c(-c4cc(O)cc(O)c4)c4ccc([nH]4)c(-c4cc(O)cc(O)c4)c4ccc2[nH]4)C=C3)c1. The normalized spacial score (nSPS) is 11.8. The van der Waals surface area contributed by atoms with Gasteiger partial charge < -0.3 is 45.6 Å². The first kappa shape index (κ1) is 27.7. The summed E-state index contributed by atoms with van der Waals surface area (Å²) in [4.78, 5) is 15.3. The number of phenols is 6. The van der Waals surface area contributed by atoms with Crippen molar-refractivity contribution < 1.29 is 30.6 Å². The molecular formula is C37H26N4O6. The van der Waals surface area contributed by atoms with Gasteiger partial charge in [0, 0.05) is 62.5 Å². The van der Waals surface area contributed by atoms with E-state index >= 15 is 0 Å². The van der Waals surface area contributed by atoms with Crippen molar-refractivity contribution in [3.05, 3.63) is 102 Å². The largest absolute Gasteiger partial charge is 0.508 e. The highest BCUT2D eigenvalue weighted by atomic mass is 16.3. The number of hydrogen-bond donors (Lipinski definition) is 9. The highest BCUT2D eigenvalue weighted by molar-refractivity contribution is 6.01. The van der Waals surface area contributed by atoms with Gasteiger partial charge in [0.05, 0.1) is 16.9 Å². The summed E-state index contributed by atoms with van der Waals surface area (Å²) < 4.78 is 0. The number of H-pyrrole nitrogens is 3. The van der Waals surface area contributed by atoms with E-state index in [0.29, 0.717) is 77.9 Å². The van der Waals surface area contributed by atoms with Crippen LogP contribution < -0.4 is 0 Å². The number of nitrogens with zero attached hydrogens (tertiary/aromatic N) is 1. The lowest BCUT2D eigenvalue weighted by Gasteiger charge is -2.07. The molecule has 47 heavy (non-hydrogen) atoms. The van der Waals surface area contributed by atoms with Crippen LogP contribution in [-0.2, 0) is 0 Å². The zero-order valence-corrected chi connectivity index (χ0v) is 24.4. The standard InChI is InChI=1S/C37H26N4O6/c42-21-9-18(10-22(43)15-21)35-29-3-1-27(38-29)28-2-4-30(39-28)36(19-11-23(44)16-24(45)12-19)32-6-8-34(41-32)37(33-7-5-31(35)40-33)20-13-25(46)17-26(47)14-20/h1-17,38,40-47H. The van der Waals surface area contributed by atoms with Crippen LogP contribution in [0.25, 0.3) is 78.6 Å². The minimum atomic E-state index is -0.126. The maximum Gasteiger partial charge on any atom is 0.119 e. The van der Waals surface area contributed by atoms with E-state index in [0.717, 1.165) is 0 Å². The third kappa shape index (κ3) is 4.90. The van der Waals surface area contributed by atoms with Gasteiger partial charge in [0.15, 0.2) is 0 Å². The Labute approximate surface area is 265 Å². The summed E-state index contributed by atoms with van der Waals surface area (Å²) in [5.41, 5.74) is 8.61. The fourth-order valence-electron chi connectivity index (χ4n) is 6.29. The number of benzene rings is 3. The van der Waals surface area contributed by atoms with Crippen molar-refractivity contribution in [2.75, 3.05) is 0 Å². The highest BCUT2D eigenvalue weighted by Crippen LogP contribution is 2.39. The lowest BCUT2D eigenvalue weighted by Crippen LogP contribution is -1.86. The molecule has 0 saturated heterocycles. The minimum absolute atomic E-state index is 0.105. The Hall–Kier alpha value is -6.81. The zero-order valence-electron chi connectivity index (χ0n) is 24.4. The molecule has 1 aliphatic rings. The number of rotatable bonds is 3. The predicted octanol–water partition coefficient (Wildman–Crippen LogP) is 7.93. The van der Waals surface area contributed by atoms with Gasteiger partial charge >= 0.3 is 0 Å². The van der Waals surface area contributed by atoms with Crippen molar-refractivity contribution >= 4 is 45.3 Å². The van der Waals surface area contributed by atoms with Gasteiger partial charge in [-0.25, -0.2) is 4.98 Å². The molecule has 0 radical (unpaired) electrons. The van der Waals surface area contributed by atoms with E-state index < -0.39 is 0 Å². The Morgan fingerprint density at radius 2 is 0.638 bits per heavy atom. The van der Waals surface area contributed by atoms with Crippen LogP contribution in [0.4, 0.5) is 0 Å². The first-order valence-electron chi connectivity index (χ1n) is 14.6. The first-order valence-corrected chi connectivity index (χ1v) is 14.6. The molecule has 7 aromatic rings. The Kier molecular flexibility index (Phi) is 6.12. The molecule has 0 fully saturated rings. The Bertz CT molecular complexity index is 2500. The van der Waals surface area contributed by atoms with Crippen LogP contribution in [0, 0.1) is 0 Å². The summed E-state index contributed by atoms with van der Waals surface area (Å²) in [6.07, 6.45) is 3.72. The molecule has 5 heterocycles. The van der Waals surface area contributed by atoms with Gasteiger partial charge in [0.2, 0.25) is 0 Å². The van der Waals surface area contributed by atoms with E-state index in [1.807, 2.05) is 48.6 Å². The number of hydrogen-bond acceptors (Lipinski definition) is 7. The molecule has 10 nitrogen and oxygen atoms in total. The average molecular weight is 623 g/mol. The molecule has 10 heteroatoms. The molecule has 230 valence electrons. The molecule has 0 spiro atoms. The number of aromatic amines is 3. The molecule has 0 amide bonds. The first-order chi connectivity index (χ1) is 22.7. The monoisotopic (exact) mass is 622 g/mol. The van der Waals surface area contributed by atoms with Crippen molar-refractivity contribution in [3.8, 4) is 67.9 Å². The summed E-state index contributed by atoms with van der Waals surface area (Å²) in [6.45, 7) is 0. The lowest BCUT2D eigenvalue weighted by molar-refractivity contribution is 0.450. The van der Waals surface area contributed by atoms with Gasteiger partial charge in [0.25, 0.3) is 0 Å². The van der Waals surface area contributed by atoms with Crippen LogP contribution in [0.2, 0.25) is 0 Å². The second kappa shape index (κ2) is 10.4. The van der Waals surface area contributed by atoms with E-state index in [-0.39, 0.29) is 34.5 Å². The van der Waals surface area contributed by atoms with E-state index in [9.17, 15) is 30.6 Å². The quantitative estimate of drug-likeness (QED) is 0.0958. The number of fused-ring (bicyclic) bond motifs is 9. The van der Waals surface area contributed by atoms with Crippen LogP contribution in [-0.4, -0.2) is 50.6 Å². The summed E-state index contributed by atoms with van der Waals surface area (Å²) >= 11 is 0. The molecule has 3 aromatic carbocycles. The summed E-state index contributed by atoms with van der Waals surface area (Å²) in [6, 6.07) is 24.3. The molecule has 8 bridgehead atoms. The molecule has 0 atom stereocenters. The molecule has 1 aliphatic heterocycles. The second-order valence-corrected chi connectivity index (χ2v) is 11.4. The van der Waals surface area contributed by atoms with Crippen LogP contribution in [0.1, 0.15) is 11.4 Å². The van der Waals surface area contributed by atoms with Crippen LogP contribution >= 0.6 is 0 Å². The Morgan fingerprint density at radius 3 is 1.04 bits per heavy atom. The third-order valence-corrected chi connectivity index (χ3v) is 8.15. The molecule has 4 aromatic heterocycles. The molecule has 9 N–H and O–H groups in total. The zero-order chi connectivity index (χ0) is 32.4. The maximum atomic E-state index is 10.5. The van der Waals surface area contributed by atoms with Gasteiger partial charge in [0.1, 0.15) is 34.5 Å². The van der Waals surface area contributed by atoms with Gasteiger partial charge in [-0.15, -0.1) is 0 Å². The average Bonchev–Trinajstić information content (AvgIpc) is 3.81. The topological polar surface area (TPSA) is 182 Å². The van der Waals surface area contributed by atoms with Crippen LogP contribution in [0.5, 0.6) is 34.5 Å². The summed E-state index contributed by atoms with van der Waals surface area (Å²) in [5, 5.41) is 62.6. The fraction of sp³-hybridized carbons (Fsp3) is 0. The smallest absolute Gasteiger partial charge is 0.119 e. The molecule has 0 aliphatic carbocycles. The molecular weight excluding hydrogens is 596 g/mol. The lowest BCUT2D eigenvalue weighted by atomic mass is 10.0. The van der Waals surface area contributed by atoms with Gasteiger partial charge in [-0.2, -0.15) is 0 Å². The predicted molar refractivity (Wildman–Crippen MR) is 181 cm³/mol. The van der Waals surface area contributed by atoms with Crippen molar-refractivity contribution in [2.45, 2.75) is 0 Å². The maximum absolute atomic E-state index is 10.5. The minimum Gasteiger partial charge on any atom is -0.508 e. The van der Waals surface area contributed by atoms with Gasteiger partial charge in [-0.3, -0.25) is 0 Å². The van der Waals surface area contributed by atoms with Gasteiger partial charge in [-0.05, 0) is 102 Å². The molecule has 0 saturated carbocycles. The van der Waals surface area contributed by atoms with Crippen LogP contribution in [0.3, 0.4) is 0 Å². The van der Waals surface area contributed by atoms with Crippen molar-refractivity contribution in [3.63, 3.8) is 0 Å². The Morgan fingerprint density at radius 1 is 0.340 bits per heavy atom. The van der Waals surface area contributed by atoms with Crippen LogP contribution in [0.15, 0.2) is 91.0 Å². The fourth-order valence-corrected chi connectivity index (χ4v) is 6.29.